The average molecular weight is 441 g/mol. The van der Waals surface area contributed by atoms with Gasteiger partial charge in [0.1, 0.15) is 5.75 Å². The van der Waals surface area contributed by atoms with Crippen LogP contribution in [0.4, 0.5) is 5.69 Å². The van der Waals surface area contributed by atoms with E-state index < -0.39 is 15.0 Å². The van der Waals surface area contributed by atoms with Crippen molar-refractivity contribution < 1.29 is 22.3 Å². The molecular formula is C19H21ClN2O6S. The second-order valence-corrected chi connectivity index (χ2v) is 8.79. The van der Waals surface area contributed by atoms with Gasteiger partial charge in [0.2, 0.25) is 0 Å². The van der Waals surface area contributed by atoms with Crippen molar-refractivity contribution in [3.8, 4) is 5.75 Å². The number of hydrogen-bond donors (Lipinski definition) is 0. The first kappa shape index (κ1) is 22.6. The molecule has 0 aliphatic carbocycles. The highest BCUT2D eigenvalue weighted by atomic mass is 35.5. The van der Waals surface area contributed by atoms with Crippen LogP contribution in [0, 0.1) is 10.1 Å². The van der Waals surface area contributed by atoms with E-state index in [1.165, 1.54) is 31.2 Å². The van der Waals surface area contributed by atoms with Crippen LogP contribution in [0.15, 0.2) is 42.5 Å². The van der Waals surface area contributed by atoms with E-state index in [2.05, 4.69) is 0 Å². The molecule has 2 aromatic rings. The maximum Gasteiger partial charge on any atom is 0.308 e. The first-order valence-electron chi connectivity index (χ1n) is 8.80. The van der Waals surface area contributed by atoms with Crippen LogP contribution in [-0.2, 0) is 16.7 Å². The summed E-state index contributed by atoms with van der Waals surface area (Å²) in [5.41, 5.74) is 0.728. The van der Waals surface area contributed by atoms with Crippen LogP contribution in [0.5, 0.6) is 5.75 Å². The monoisotopic (exact) mass is 440 g/mol. The number of nitrogens with zero attached hydrogens (tertiary/aromatic N) is 2. The molecule has 2 rings (SSSR count). The minimum absolute atomic E-state index is 0.00312. The summed E-state index contributed by atoms with van der Waals surface area (Å²) < 4.78 is 28.0. The minimum Gasteiger partial charge on any atom is -0.382 e. The lowest BCUT2D eigenvalue weighted by atomic mass is 10.1. The van der Waals surface area contributed by atoms with Crippen LogP contribution < -0.4 is 4.18 Å². The third-order valence-electron chi connectivity index (χ3n) is 4.13. The lowest BCUT2D eigenvalue weighted by Crippen LogP contribution is -2.36. The standard InChI is InChI=1S/C19H21ClN2O6S/c1-4-29(26,27)28-16-8-5-14(6-9-16)12-21(13(2)3)19(23)17-10-7-15(22(24)25)11-18(17)20/h5-11,13H,4,12H2,1-3H3. The Balaban J connectivity index is 2.22. The highest BCUT2D eigenvalue weighted by Crippen LogP contribution is 2.25. The Morgan fingerprint density at radius 3 is 2.31 bits per heavy atom. The summed E-state index contributed by atoms with van der Waals surface area (Å²) in [6.45, 7) is 5.40. The number of amides is 1. The van der Waals surface area contributed by atoms with Crippen molar-refractivity contribution >= 4 is 33.3 Å². The number of hydrogen-bond acceptors (Lipinski definition) is 6. The summed E-state index contributed by atoms with van der Waals surface area (Å²) in [5, 5.41) is 10.9. The SMILES string of the molecule is CCS(=O)(=O)Oc1ccc(CN(C(=O)c2ccc([N+](=O)[O-])cc2Cl)C(C)C)cc1. The van der Waals surface area contributed by atoms with Gasteiger partial charge in [0.25, 0.3) is 11.6 Å². The molecule has 0 fully saturated rings. The average Bonchev–Trinajstić information content (AvgIpc) is 2.66. The highest BCUT2D eigenvalue weighted by Gasteiger charge is 2.23. The molecule has 0 aliphatic rings. The number of benzene rings is 2. The van der Waals surface area contributed by atoms with Crippen molar-refractivity contribution in [3.05, 3.63) is 68.7 Å². The van der Waals surface area contributed by atoms with Gasteiger partial charge in [-0.25, -0.2) is 0 Å². The predicted octanol–water partition coefficient (Wildman–Crippen LogP) is 4.03. The zero-order valence-electron chi connectivity index (χ0n) is 16.2. The molecule has 0 atom stereocenters. The van der Waals surface area contributed by atoms with Gasteiger partial charge in [-0.05, 0) is 44.5 Å². The van der Waals surface area contributed by atoms with Gasteiger partial charge in [-0.1, -0.05) is 23.7 Å². The van der Waals surface area contributed by atoms with E-state index in [1.807, 2.05) is 13.8 Å². The van der Waals surface area contributed by atoms with Crippen LogP contribution in [-0.4, -0.2) is 35.9 Å². The van der Waals surface area contributed by atoms with Gasteiger partial charge in [0, 0.05) is 24.7 Å². The van der Waals surface area contributed by atoms with E-state index in [0.717, 1.165) is 11.6 Å². The van der Waals surface area contributed by atoms with E-state index in [1.54, 1.807) is 17.0 Å². The minimum atomic E-state index is -3.61. The predicted molar refractivity (Wildman–Crippen MR) is 110 cm³/mol. The number of nitro benzene ring substituents is 1. The van der Waals surface area contributed by atoms with Gasteiger partial charge >= 0.3 is 10.1 Å². The number of nitro groups is 1. The molecule has 0 spiro atoms. The summed E-state index contributed by atoms with van der Waals surface area (Å²) in [4.78, 5) is 24.8. The molecule has 0 aliphatic heterocycles. The number of carbonyl (C=O) groups excluding carboxylic acids is 1. The molecule has 0 unspecified atom stereocenters. The van der Waals surface area contributed by atoms with Crippen molar-refractivity contribution in [2.75, 3.05) is 5.75 Å². The topological polar surface area (TPSA) is 107 Å². The van der Waals surface area contributed by atoms with Crippen molar-refractivity contribution in [1.82, 2.24) is 4.90 Å². The lowest BCUT2D eigenvalue weighted by Gasteiger charge is -2.27. The smallest absolute Gasteiger partial charge is 0.308 e. The second-order valence-electron chi connectivity index (χ2n) is 6.52. The van der Waals surface area contributed by atoms with Gasteiger partial charge in [0.15, 0.2) is 0 Å². The molecule has 0 saturated heterocycles. The largest absolute Gasteiger partial charge is 0.382 e. The van der Waals surface area contributed by atoms with Crippen molar-refractivity contribution in [1.29, 1.82) is 0 Å². The molecule has 0 aromatic heterocycles. The van der Waals surface area contributed by atoms with Crippen LogP contribution in [0.1, 0.15) is 36.7 Å². The normalized spacial score (nSPS) is 11.3. The Morgan fingerprint density at radius 1 is 1.21 bits per heavy atom. The fourth-order valence-corrected chi connectivity index (χ4v) is 3.27. The van der Waals surface area contributed by atoms with Crippen molar-refractivity contribution in [2.24, 2.45) is 0 Å². The van der Waals surface area contributed by atoms with E-state index in [4.69, 9.17) is 15.8 Å². The first-order chi connectivity index (χ1) is 13.5. The van der Waals surface area contributed by atoms with E-state index in [-0.39, 0.29) is 46.3 Å². The van der Waals surface area contributed by atoms with Gasteiger partial charge in [-0.15, -0.1) is 0 Å². The van der Waals surface area contributed by atoms with E-state index >= 15 is 0 Å². The third kappa shape index (κ3) is 5.91. The van der Waals surface area contributed by atoms with E-state index in [9.17, 15) is 23.3 Å². The Kier molecular flexibility index (Phi) is 7.21. The van der Waals surface area contributed by atoms with Gasteiger partial charge in [0.05, 0.1) is 21.3 Å². The number of carbonyl (C=O) groups is 1. The molecule has 0 bridgehead atoms. The van der Waals surface area contributed by atoms with E-state index in [0.29, 0.717) is 0 Å². The number of non-ortho nitro benzene ring substituents is 1. The molecule has 0 radical (unpaired) electrons. The molecule has 0 saturated carbocycles. The molecule has 10 heteroatoms. The fraction of sp³-hybridized carbons (Fsp3) is 0.316. The molecule has 2 aromatic carbocycles. The quantitative estimate of drug-likeness (QED) is 0.348. The van der Waals surface area contributed by atoms with Crippen LogP contribution in [0.25, 0.3) is 0 Å². The van der Waals surface area contributed by atoms with Gasteiger partial charge in [-0.2, -0.15) is 8.42 Å². The summed E-state index contributed by atoms with van der Waals surface area (Å²) in [7, 11) is -3.61. The lowest BCUT2D eigenvalue weighted by molar-refractivity contribution is -0.384. The number of rotatable bonds is 8. The molecule has 0 heterocycles. The molecule has 0 N–H and O–H groups in total. The third-order valence-corrected chi connectivity index (χ3v) is 5.60. The number of halogens is 1. The van der Waals surface area contributed by atoms with Crippen LogP contribution in [0.3, 0.4) is 0 Å². The van der Waals surface area contributed by atoms with Crippen molar-refractivity contribution in [3.63, 3.8) is 0 Å². The first-order valence-corrected chi connectivity index (χ1v) is 10.8. The molecule has 156 valence electrons. The maximum absolute atomic E-state index is 13.0. The maximum atomic E-state index is 13.0. The molecule has 1 amide bonds. The summed E-state index contributed by atoms with van der Waals surface area (Å²) in [6.07, 6.45) is 0. The van der Waals surface area contributed by atoms with Crippen LogP contribution >= 0.6 is 11.6 Å². The Morgan fingerprint density at radius 2 is 1.83 bits per heavy atom. The zero-order valence-corrected chi connectivity index (χ0v) is 17.7. The van der Waals surface area contributed by atoms with Gasteiger partial charge in [-0.3, -0.25) is 14.9 Å². The van der Waals surface area contributed by atoms with Crippen molar-refractivity contribution in [2.45, 2.75) is 33.4 Å². The zero-order chi connectivity index (χ0) is 21.8. The summed E-state index contributed by atoms with van der Waals surface area (Å²) in [6, 6.07) is 9.91. The summed E-state index contributed by atoms with van der Waals surface area (Å²) in [5.74, 6) is -0.314. The highest BCUT2D eigenvalue weighted by molar-refractivity contribution is 7.87. The van der Waals surface area contributed by atoms with Crippen LogP contribution in [0.2, 0.25) is 5.02 Å². The molecule has 29 heavy (non-hydrogen) atoms. The Labute approximate surface area is 174 Å². The molecule has 8 nitrogen and oxygen atoms in total. The second kappa shape index (κ2) is 9.23. The Hall–Kier alpha value is -2.65. The Bertz CT molecular complexity index is 1010. The summed E-state index contributed by atoms with van der Waals surface area (Å²) >= 11 is 6.09. The van der Waals surface area contributed by atoms with Gasteiger partial charge < -0.3 is 9.08 Å². The molecular weight excluding hydrogens is 420 g/mol. The fourth-order valence-electron chi connectivity index (χ4n) is 2.49.